The molecule has 6 heteroatoms. The van der Waals surface area contributed by atoms with Crippen molar-refractivity contribution >= 4 is 28.4 Å². The van der Waals surface area contributed by atoms with Gasteiger partial charge in [-0.3, -0.25) is 9.80 Å². The van der Waals surface area contributed by atoms with E-state index in [1.807, 2.05) is 0 Å². The van der Waals surface area contributed by atoms with Crippen LogP contribution in [0.3, 0.4) is 0 Å². The van der Waals surface area contributed by atoms with Crippen LogP contribution < -0.4 is 5.73 Å². The number of benzene rings is 1. The zero-order valence-electron chi connectivity index (χ0n) is 12.4. The maximum Gasteiger partial charge on any atom is 0.156 e. The van der Waals surface area contributed by atoms with E-state index >= 15 is 0 Å². The topological polar surface area (TPSA) is 65.1 Å². The summed E-state index contributed by atoms with van der Waals surface area (Å²) in [6, 6.07) is 8.74. The first-order chi connectivity index (χ1) is 10.1. The van der Waals surface area contributed by atoms with Gasteiger partial charge in [-0.15, -0.1) is 0 Å². The van der Waals surface area contributed by atoms with E-state index in [0.29, 0.717) is 5.84 Å². The Morgan fingerprint density at radius 2 is 1.90 bits per heavy atom. The molecule has 2 rings (SSSR count). The van der Waals surface area contributed by atoms with Gasteiger partial charge in [0.1, 0.15) is 0 Å². The van der Waals surface area contributed by atoms with Gasteiger partial charge in [-0.05, 0) is 46.7 Å². The second kappa shape index (κ2) is 7.95. The van der Waals surface area contributed by atoms with Crippen LogP contribution in [-0.4, -0.2) is 53.1 Å². The van der Waals surface area contributed by atoms with Gasteiger partial charge >= 0.3 is 0 Å². The van der Waals surface area contributed by atoms with Crippen molar-refractivity contribution in [1.29, 1.82) is 0 Å². The third-order valence-electron chi connectivity index (χ3n) is 4.01. The maximum atomic E-state index is 8.86. The van der Waals surface area contributed by atoms with E-state index in [1.165, 1.54) is 9.13 Å². The Morgan fingerprint density at radius 1 is 1.29 bits per heavy atom. The molecule has 1 aromatic rings. The molecule has 21 heavy (non-hydrogen) atoms. The monoisotopic (exact) mass is 402 g/mol. The number of hydrogen-bond donors (Lipinski definition) is 2. The molecule has 3 N–H and O–H groups in total. The zero-order valence-corrected chi connectivity index (χ0v) is 14.5. The molecule has 5 nitrogen and oxygen atoms in total. The average Bonchev–Trinajstić information content (AvgIpc) is 2.51. The molecule has 1 aliphatic heterocycles. The molecule has 1 aliphatic rings. The van der Waals surface area contributed by atoms with E-state index < -0.39 is 0 Å². The highest BCUT2D eigenvalue weighted by atomic mass is 127. The minimum atomic E-state index is 0.0513. The number of nitrogens with two attached hydrogens (primary N) is 1. The molecule has 0 bridgehead atoms. The van der Waals surface area contributed by atoms with Crippen LogP contribution in [0.25, 0.3) is 0 Å². The Kier molecular flexibility index (Phi) is 6.25. The molecule has 1 unspecified atom stereocenters. The highest BCUT2D eigenvalue weighted by molar-refractivity contribution is 14.1. The number of hydrogen-bond acceptors (Lipinski definition) is 4. The third kappa shape index (κ3) is 4.55. The van der Waals surface area contributed by atoms with Crippen LogP contribution in [0.15, 0.2) is 29.4 Å². The predicted molar refractivity (Wildman–Crippen MR) is 93.5 cm³/mol. The Hall–Kier alpha value is -0.860. The van der Waals surface area contributed by atoms with Gasteiger partial charge in [0.05, 0.1) is 6.04 Å². The lowest BCUT2D eigenvalue weighted by Crippen LogP contribution is -2.53. The highest BCUT2D eigenvalue weighted by Gasteiger charge is 2.25. The molecule has 0 amide bonds. The minimum Gasteiger partial charge on any atom is -0.409 e. The summed E-state index contributed by atoms with van der Waals surface area (Å²) in [4.78, 5) is 4.76. The summed E-state index contributed by atoms with van der Waals surface area (Å²) >= 11 is 2.33. The molecule has 0 saturated carbocycles. The summed E-state index contributed by atoms with van der Waals surface area (Å²) in [5, 5.41) is 12.0. The Bertz CT molecular complexity index is 469. The average molecular weight is 402 g/mol. The second-order valence-corrected chi connectivity index (χ2v) is 6.63. The molecule has 1 aromatic carbocycles. The van der Waals surface area contributed by atoms with E-state index in [9.17, 15) is 0 Å². The lowest BCUT2D eigenvalue weighted by atomic mass is 10.1. The molecule has 116 valence electrons. The van der Waals surface area contributed by atoms with E-state index in [-0.39, 0.29) is 6.04 Å². The van der Waals surface area contributed by atoms with Crippen molar-refractivity contribution in [2.75, 3.05) is 26.2 Å². The SMILES string of the molecule is CCC(C(N)=NO)N1CCN(Cc2ccc(I)cc2)CC1. The summed E-state index contributed by atoms with van der Waals surface area (Å²) in [6.07, 6.45) is 0.868. The molecule has 0 radical (unpaired) electrons. The summed E-state index contributed by atoms with van der Waals surface area (Å²) in [5.74, 6) is 0.323. The van der Waals surface area contributed by atoms with Crippen LogP contribution in [0.4, 0.5) is 0 Å². The normalized spacial score (nSPS) is 19.6. The number of amidine groups is 1. The molecule has 0 spiro atoms. The summed E-state index contributed by atoms with van der Waals surface area (Å²) in [5.41, 5.74) is 7.13. The second-order valence-electron chi connectivity index (χ2n) is 5.39. The Labute approximate surface area is 139 Å². The van der Waals surface area contributed by atoms with Crippen molar-refractivity contribution in [2.45, 2.75) is 25.9 Å². The number of rotatable bonds is 5. The van der Waals surface area contributed by atoms with Gasteiger partial charge < -0.3 is 10.9 Å². The van der Waals surface area contributed by atoms with Crippen LogP contribution in [0, 0.1) is 3.57 Å². The molecular formula is C15H23IN4O. The summed E-state index contributed by atoms with van der Waals surface area (Å²) in [6.45, 7) is 7.01. The van der Waals surface area contributed by atoms with E-state index in [2.05, 4.69) is 68.7 Å². The fraction of sp³-hybridized carbons (Fsp3) is 0.533. The quantitative estimate of drug-likeness (QED) is 0.260. The van der Waals surface area contributed by atoms with E-state index in [0.717, 1.165) is 39.1 Å². The third-order valence-corrected chi connectivity index (χ3v) is 4.73. The first-order valence-corrected chi connectivity index (χ1v) is 8.40. The summed E-state index contributed by atoms with van der Waals surface area (Å²) < 4.78 is 1.27. The number of nitrogens with zero attached hydrogens (tertiary/aromatic N) is 3. The predicted octanol–water partition coefficient (Wildman–Crippen LogP) is 1.93. The van der Waals surface area contributed by atoms with Crippen LogP contribution in [0.1, 0.15) is 18.9 Å². The molecule has 1 heterocycles. The lowest BCUT2D eigenvalue weighted by Gasteiger charge is -2.38. The van der Waals surface area contributed by atoms with Crippen LogP contribution in [-0.2, 0) is 6.54 Å². The minimum absolute atomic E-state index is 0.0513. The van der Waals surface area contributed by atoms with Crippen LogP contribution in [0.5, 0.6) is 0 Å². The first kappa shape index (κ1) is 16.5. The van der Waals surface area contributed by atoms with Crippen molar-refractivity contribution < 1.29 is 5.21 Å². The smallest absolute Gasteiger partial charge is 0.156 e. The molecular weight excluding hydrogens is 379 g/mol. The molecule has 0 aliphatic carbocycles. The number of piperazine rings is 1. The van der Waals surface area contributed by atoms with Crippen molar-refractivity contribution in [2.24, 2.45) is 10.9 Å². The molecule has 0 aromatic heterocycles. The van der Waals surface area contributed by atoms with Gasteiger partial charge in [0, 0.05) is 36.3 Å². The van der Waals surface area contributed by atoms with Gasteiger partial charge in [-0.1, -0.05) is 24.2 Å². The van der Waals surface area contributed by atoms with Crippen molar-refractivity contribution in [3.8, 4) is 0 Å². The number of halogens is 1. The largest absolute Gasteiger partial charge is 0.409 e. The van der Waals surface area contributed by atoms with Crippen molar-refractivity contribution in [3.63, 3.8) is 0 Å². The fourth-order valence-electron chi connectivity index (χ4n) is 2.80. The Balaban J connectivity index is 1.86. The van der Waals surface area contributed by atoms with E-state index in [4.69, 9.17) is 10.9 Å². The van der Waals surface area contributed by atoms with Gasteiger partial charge in [-0.2, -0.15) is 0 Å². The van der Waals surface area contributed by atoms with Crippen LogP contribution in [0.2, 0.25) is 0 Å². The van der Waals surface area contributed by atoms with Gasteiger partial charge in [0.25, 0.3) is 0 Å². The van der Waals surface area contributed by atoms with Crippen molar-refractivity contribution in [3.05, 3.63) is 33.4 Å². The van der Waals surface area contributed by atoms with Gasteiger partial charge in [-0.25, -0.2) is 0 Å². The summed E-state index contributed by atoms with van der Waals surface area (Å²) in [7, 11) is 0. The molecule has 1 saturated heterocycles. The maximum absolute atomic E-state index is 8.86. The zero-order chi connectivity index (χ0) is 15.2. The fourth-order valence-corrected chi connectivity index (χ4v) is 3.16. The van der Waals surface area contributed by atoms with Crippen molar-refractivity contribution in [1.82, 2.24) is 9.80 Å². The van der Waals surface area contributed by atoms with E-state index in [1.54, 1.807) is 0 Å². The molecule has 1 atom stereocenters. The van der Waals surface area contributed by atoms with Gasteiger partial charge in [0.2, 0.25) is 0 Å². The number of oxime groups is 1. The lowest BCUT2D eigenvalue weighted by molar-refractivity contribution is 0.110. The van der Waals surface area contributed by atoms with Crippen LogP contribution >= 0.6 is 22.6 Å². The Morgan fingerprint density at radius 3 is 2.43 bits per heavy atom. The molecule has 1 fully saturated rings. The first-order valence-electron chi connectivity index (χ1n) is 7.32. The van der Waals surface area contributed by atoms with Gasteiger partial charge in [0.15, 0.2) is 5.84 Å². The highest BCUT2D eigenvalue weighted by Crippen LogP contribution is 2.13. The standard InChI is InChI=1S/C15H23IN4O/c1-2-14(15(17)18-21)20-9-7-19(8-10-20)11-12-3-5-13(16)6-4-12/h3-6,14,21H,2,7-11H2,1H3,(H2,17,18).